The number of amides is 1. The summed E-state index contributed by atoms with van der Waals surface area (Å²) < 4.78 is 0. The Morgan fingerprint density at radius 3 is 3.07 bits per heavy atom. The van der Waals surface area contributed by atoms with Crippen LogP contribution in [0.5, 0.6) is 0 Å². The molecule has 0 saturated carbocycles. The van der Waals surface area contributed by atoms with Crippen molar-refractivity contribution in [1.29, 1.82) is 0 Å². The van der Waals surface area contributed by atoms with E-state index < -0.39 is 0 Å². The Kier molecular flexibility index (Phi) is 4.38. The van der Waals surface area contributed by atoms with Gasteiger partial charge in [-0.05, 0) is 12.5 Å². The van der Waals surface area contributed by atoms with Crippen LogP contribution in [0.3, 0.4) is 0 Å². The fourth-order valence-corrected chi connectivity index (χ4v) is 1.64. The molecule has 14 heavy (non-hydrogen) atoms. The predicted octanol–water partition coefficient (Wildman–Crippen LogP) is -0.112. The third-order valence-corrected chi connectivity index (χ3v) is 2.69. The molecule has 0 aliphatic carbocycles. The van der Waals surface area contributed by atoms with Crippen LogP contribution >= 0.6 is 11.6 Å². The zero-order valence-corrected chi connectivity index (χ0v) is 9.05. The summed E-state index contributed by atoms with van der Waals surface area (Å²) in [4.78, 5) is 13.2. The maximum absolute atomic E-state index is 11.1. The maximum atomic E-state index is 11.1. The van der Waals surface area contributed by atoms with Gasteiger partial charge in [-0.15, -0.1) is 0 Å². The number of carbonyl (C=O) groups excluding carboxylic acids is 1. The number of carbonyl (C=O) groups is 1. The minimum absolute atomic E-state index is 0.213. The zero-order chi connectivity index (χ0) is 10.6. The number of primary amides is 1. The number of piperazine rings is 1. The molecule has 0 bridgehead atoms. The van der Waals surface area contributed by atoms with Gasteiger partial charge in [0.15, 0.2) is 0 Å². The Bertz CT molecular complexity index is 242. The van der Waals surface area contributed by atoms with Gasteiger partial charge < -0.3 is 11.1 Å². The summed E-state index contributed by atoms with van der Waals surface area (Å²) in [5, 5.41) is 3.14. The number of hydrogen-bond acceptors (Lipinski definition) is 3. The van der Waals surface area contributed by atoms with Crippen LogP contribution in [0.25, 0.3) is 0 Å². The minimum atomic E-state index is -0.278. The molecule has 4 nitrogen and oxygen atoms in total. The van der Waals surface area contributed by atoms with Crippen molar-refractivity contribution in [3.05, 3.63) is 11.1 Å². The Morgan fingerprint density at radius 2 is 2.50 bits per heavy atom. The van der Waals surface area contributed by atoms with Crippen LogP contribution in [-0.2, 0) is 4.79 Å². The zero-order valence-electron chi connectivity index (χ0n) is 8.29. The molecule has 0 aromatic rings. The molecule has 1 aliphatic rings. The number of nitrogens with two attached hydrogens (primary N) is 1. The molecule has 1 atom stereocenters. The summed E-state index contributed by atoms with van der Waals surface area (Å²) in [6.45, 7) is 4.99. The van der Waals surface area contributed by atoms with Crippen molar-refractivity contribution in [2.45, 2.75) is 13.0 Å². The van der Waals surface area contributed by atoms with Crippen molar-refractivity contribution < 1.29 is 4.79 Å². The highest BCUT2D eigenvalue weighted by molar-refractivity contribution is 6.25. The van der Waals surface area contributed by atoms with Crippen molar-refractivity contribution in [3.63, 3.8) is 0 Å². The van der Waals surface area contributed by atoms with E-state index >= 15 is 0 Å². The maximum Gasteiger partial charge on any atom is 0.236 e. The van der Waals surface area contributed by atoms with Crippen molar-refractivity contribution >= 4 is 17.5 Å². The Labute approximate surface area is 89.1 Å². The predicted molar refractivity (Wildman–Crippen MR) is 57.0 cm³/mol. The lowest BCUT2D eigenvalue weighted by Crippen LogP contribution is -2.57. The van der Waals surface area contributed by atoms with E-state index in [0.717, 1.165) is 18.7 Å². The van der Waals surface area contributed by atoms with Gasteiger partial charge in [-0.2, -0.15) is 0 Å². The number of rotatable bonds is 3. The molecular formula is C9H16ClN3O. The number of nitrogens with one attached hydrogen (secondary N) is 1. The molecule has 1 amide bonds. The van der Waals surface area contributed by atoms with Gasteiger partial charge in [0.1, 0.15) is 6.04 Å². The molecule has 80 valence electrons. The highest BCUT2D eigenvalue weighted by Crippen LogP contribution is 2.07. The topological polar surface area (TPSA) is 58.4 Å². The highest BCUT2D eigenvalue weighted by atomic mass is 35.5. The first-order valence-electron chi connectivity index (χ1n) is 4.65. The fourth-order valence-electron chi connectivity index (χ4n) is 1.57. The molecule has 1 aliphatic heterocycles. The summed E-state index contributed by atoms with van der Waals surface area (Å²) >= 11 is 5.58. The second-order valence-corrected chi connectivity index (χ2v) is 3.77. The van der Waals surface area contributed by atoms with Crippen LogP contribution in [-0.4, -0.2) is 43.0 Å². The molecule has 0 radical (unpaired) electrons. The van der Waals surface area contributed by atoms with E-state index in [1.54, 1.807) is 5.54 Å². The van der Waals surface area contributed by atoms with Crippen LogP contribution in [0.2, 0.25) is 0 Å². The van der Waals surface area contributed by atoms with Crippen molar-refractivity contribution in [1.82, 2.24) is 10.2 Å². The van der Waals surface area contributed by atoms with Crippen molar-refractivity contribution in [2.75, 3.05) is 26.2 Å². The number of hydrogen-bond donors (Lipinski definition) is 2. The summed E-state index contributed by atoms with van der Waals surface area (Å²) in [7, 11) is 0. The molecule has 1 unspecified atom stereocenters. The molecule has 0 aromatic carbocycles. The van der Waals surface area contributed by atoms with Gasteiger partial charge in [0.25, 0.3) is 0 Å². The number of nitrogens with zero attached hydrogens (tertiary/aromatic N) is 1. The van der Waals surface area contributed by atoms with Crippen molar-refractivity contribution in [2.24, 2.45) is 5.73 Å². The summed E-state index contributed by atoms with van der Waals surface area (Å²) in [5.41, 5.74) is 7.88. The summed E-state index contributed by atoms with van der Waals surface area (Å²) in [6.07, 6.45) is 0. The standard InChI is InChI=1S/C9H16ClN3O/c1-7(4-10)6-13-3-2-12-5-8(13)9(11)14/h4,8,12H,2-3,5-6H2,1H3,(H2,11,14)/b7-4-. The van der Waals surface area contributed by atoms with E-state index in [1.165, 1.54) is 0 Å². The quantitative estimate of drug-likeness (QED) is 0.694. The lowest BCUT2D eigenvalue weighted by atomic mass is 10.1. The Balaban J connectivity index is 2.58. The molecule has 0 spiro atoms. The molecule has 1 fully saturated rings. The third-order valence-electron chi connectivity index (χ3n) is 2.32. The second-order valence-electron chi connectivity index (χ2n) is 3.55. The summed E-state index contributed by atoms with van der Waals surface area (Å²) in [6, 6.07) is -0.213. The van der Waals surface area contributed by atoms with Crippen LogP contribution in [0, 0.1) is 0 Å². The van der Waals surface area contributed by atoms with Crippen molar-refractivity contribution in [3.8, 4) is 0 Å². The molecule has 1 heterocycles. The Morgan fingerprint density at radius 1 is 1.79 bits per heavy atom. The van der Waals surface area contributed by atoms with Gasteiger partial charge in [0.05, 0.1) is 0 Å². The largest absolute Gasteiger partial charge is 0.368 e. The average molecular weight is 218 g/mol. The van der Waals surface area contributed by atoms with Crippen LogP contribution in [0.1, 0.15) is 6.92 Å². The van der Waals surface area contributed by atoms with E-state index in [-0.39, 0.29) is 11.9 Å². The summed E-state index contributed by atoms with van der Waals surface area (Å²) in [5.74, 6) is -0.278. The second kappa shape index (κ2) is 5.34. The van der Waals surface area contributed by atoms with E-state index in [9.17, 15) is 4.79 Å². The normalized spacial score (nSPS) is 25.0. The molecule has 1 rings (SSSR count). The first-order chi connectivity index (χ1) is 6.65. The smallest absolute Gasteiger partial charge is 0.236 e. The monoisotopic (exact) mass is 217 g/mol. The minimum Gasteiger partial charge on any atom is -0.368 e. The Hall–Kier alpha value is -0.580. The SMILES string of the molecule is C/C(=C/Cl)CN1CCNCC1C(N)=O. The average Bonchev–Trinajstić information content (AvgIpc) is 2.18. The molecule has 1 saturated heterocycles. The first-order valence-corrected chi connectivity index (χ1v) is 5.08. The molecule has 0 aromatic heterocycles. The lowest BCUT2D eigenvalue weighted by Gasteiger charge is -2.34. The van der Waals surface area contributed by atoms with Gasteiger partial charge in [-0.25, -0.2) is 0 Å². The molecular weight excluding hydrogens is 202 g/mol. The van der Waals surface area contributed by atoms with Gasteiger partial charge in [-0.1, -0.05) is 11.6 Å². The molecule has 3 N–H and O–H groups in total. The van der Waals surface area contributed by atoms with Crippen LogP contribution in [0.15, 0.2) is 11.1 Å². The van der Waals surface area contributed by atoms with Crippen LogP contribution < -0.4 is 11.1 Å². The molecule has 5 heteroatoms. The fraction of sp³-hybridized carbons (Fsp3) is 0.667. The number of halogens is 1. The first kappa shape index (κ1) is 11.5. The van der Waals surface area contributed by atoms with Crippen LogP contribution in [0.4, 0.5) is 0 Å². The highest BCUT2D eigenvalue weighted by Gasteiger charge is 2.26. The van der Waals surface area contributed by atoms with Gasteiger partial charge in [0.2, 0.25) is 5.91 Å². The van der Waals surface area contributed by atoms with Gasteiger partial charge in [-0.3, -0.25) is 9.69 Å². The van der Waals surface area contributed by atoms with E-state index in [4.69, 9.17) is 17.3 Å². The van der Waals surface area contributed by atoms with E-state index in [1.807, 2.05) is 11.8 Å². The van der Waals surface area contributed by atoms with E-state index in [0.29, 0.717) is 13.1 Å². The lowest BCUT2D eigenvalue weighted by molar-refractivity contribution is -0.123. The van der Waals surface area contributed by atoms with Gasteiger partial charge in [0, 0.05) is 31.7 Å². The third kappa shape index (κ3) is 2.97. The van der Waals surface area contributed by atoms with E-state index in [2.05, 4.69) is 5.32 Å². The van der Waals surface area contributed by atoms with Gasteiger partial charge >= 0.3 is 0 Å².